The molecule has 1 aliphatic rings. The summed E-state index contributed by atoms with van der Waals surface area (Å²) in [5.74, 6) is -1.12. The first-order chi connectivity index (χ1) is 10.4. The Bertz CT molecular complexity index is 844. The van der Waals surface area contributed by atoms with Crippen LogP contribution in [0.4, 0.5) is 0 Å². The number of carboxylic acids is 1. The Balaban J connectivity index is 2.20. The molecule has 5 nitrogen and oxygen atoms in total. The monoisotopic (exact) mass is 339 g/mol. The third-order valence-corrected chi connectivity index (χ3v) is 6.16. The van der Waals surface area contributed by atoms with Gasteiger partial charge >= 0.3 is 5.97 Å². The number of halogens is 1. The lowest BCUT2D eigenvalue weighted by Gasteiger charge is -2.22. The highest BCUT2D eigenvalue weighted by Gasteiger charge is 2.40. The average molecular weight is 340 g/mol. The van der Waals surface area contributed by atoms with Crippen molar-refractivity contribution < 1.29 is 18.3 Å². The Hall–Kier alpha value is -1.63. The molecule has 0 spiro atoms. The van der Waals surface area contributed by atoms with Gasteiger partial charge in [-0.05, 0) is 30.4 Å². The van der Waals surface area contributed by atoms with E-state index < -0.39 is 22.0 Å². The SMILES string of the molecule is O=C(O)C1CCCN1S(=O)(=O)c1cccc2cccc(Cl)c12. The topological polar surface area (TPSA) is 74.7 Å². The fourth-order valence-corrected chi connectivity index (χ4v) is 5.11. The summed E-state index contributed by atoms with van der Waals surface area (Å²) in [5, 5.41) is 10.7. The summed E-state index contributed by atoms with van der Waals surface area (Å²) in [6, 6.07) is 9.02. The number of benzene rings is 2. The summed E-state index contributed by atoms with van der Waals surface area (Å²) in [4.78, 5) is 11.3. The van der Waals surface area contributed by atoms with Crippen molar-refractivity contribution in [1.82, 2.24) is 4.31 Å². The number of hydrogen-bond acceptors (Lipinski definition) is 3. The molecule has 0 saturated carbocycles. The summed E-state index contributed by atoms with van der Waals surface area (Å²) < 4.78 is 26.9. The predicted molar refractivity (Wildman–Crippen MR) is 83.5 cm³/mol. The van der Waals surface area contributed by atoms with E-state index in [1.54, 1.807) is 30.3 Å². The Morgan fingerprint density at radius 3 is 2.59 bits per heavy atom. The molecule has 1 saturated heterocycles. The van der Waals surface area contributed by atoms with E-state index in [1.165, 1.54) is 6.07 Å². The summed E-state index contributed by atoms with van der Waals surface area (Å²) >= 11 is 6.17. The summed E-state index contributed by atoms with van der Waals surface area (Å²) in [6.07, 6.45) is 0.863. The van der Waals surface area contributed by atoms with Crippen LogP contribution in [-0.4, -0.2) is 36.4 Å². The van der Waals surface area contributed by atoms with Crippen molar-refractivity contribution >= 4 is 38.4 Å². The number of sulfonamides is 1. The largest absolute Gasteiger partial charge is 0.480 e. The van der Waals surface area contributed by atoms with Gasteiger partial charge in [0.1, 0.15) is 6.04 Å². The van der Waals surface area contributed by atoms with Crippen LogP contribution in [0.5, 0.6) is 0 Å². The van der Waals surface area contributed by atoms with E-state index in [-0.39, 0.29) is 11.4 Å². The van der Waals surface area contributed by atoms with Crippen LogP contribution >= 0.6 is 11.6 Å². The maximum absolute atomic E-state index is 12.9. The zero-order valence-corrected chi connectivity index (χ0v) is 13.1. The highest BCUT2D eigenvalue weighted by molar-refractivity contribution is 7.89. The standard InChI is InChI=1S/C15H14ClNO4S/c16-11-6-1-4-10-5-2-8-13(14(10)11)22(20,21)17-9-3-7-12(17)15(18)19/h1-2,4-6,8,12H,3,7,9H2,(H,18,19). The van der Waals surface area contributed by atoms with Gasteiger partial charge in [-0.1, -0.05) is 35.9 Å². The van der Waals surface area contributed by atoms with E-state index in [9.17, 15) is 18.3 Å². The van der Waals surface area contributed by atoms with Crippen LogP contribution in [0.1, 0.15) is 12.8 Å². The van der Waals surface area contributed by atoms with Crippen molar-refractivity contribution in [3.8, 4) is 0 Å². The van der Waals surface area contributed by atoms with Gasteiger partial charge in [-0.2, -0.15) is 4.31 Å². The number of hydrogen-bond donors (Lipinski definition) is 1. The Labute approximate surface area is 133 Å². The molecule has 1 heterocycles. The molecule has 7 heteroatoms. The van der Waals surface area contributed by atoms with Crippen LogP contribution in [0, 0.1) is 0 Å². The zero-order valence-electron chi connectivity index (χ0n) is 11.6. The van der Waals surface area contributed by atoms with Gasteiger partial charge in [0.15, 0.2) is 0 Å². The molecule has 1 unspecified atom stereocenters. The lowest BCUT2D eigenvalue weighted by Crippen LogP contribution is -2.40. The predicted octanol–water partition coefficient (Wildman–Crippen LogP) is 2.73. The lowest BCUT2D eigenvalue weighted by molar-refractivity contribution is -0.140. The number of aliphatic carboxylic acids is 1. The Morgan fingerprint density at radius 2 is 1.91 bits per heavy atom. The van der Waals surface area contributed by atoms with Gasteiger partial charge in [0.2, 0.25) is 10.0 Å². The van der Waals surface area contributed by atoms with Crippen LogP contribution < -0.4 is 0 Å². The van der Waals surface area contributed by atoms with Gasteiger partial charge in [0.25, 0.3) is 0 Å². The van der Waals surface area contributed by atoms with Crippen molar-refractivity contribution in [1.29, 1.82) is 0 Å². The van der Waals surface area contributed by atoms with Crippen molar-refractivity contribution in [3.63, 3.8) is 0 Å². The molecule has 1 fully saturated rings. The third-order valence-electron chi connectivity index (χ3n) is 3.89. The molecule has 0 aliphatic carbocycles. The molecule has 0 bridgehead atoms. The van der Waals surface area contributed by atoms with Crippen molar-refractivity contribution in [2.45, 2.75) is 23.8 Å². The molecule has 3 rings (SSSR count). The fraction of sp³-hybridized carbons (Fsp3) is 0.267. The smallest absolute Gasteiger partial charge is 0.322 e. The molecule has 0 amide bonds. The molecule has 2 aromatic rings. The van der Waals surface area contributed by atoms with Gasteiger partial charge in [-0.25, -0.2) is 8.42 Å². The second-order valence-electron chi connectivity index (χ2n) is 5.21. The molecular formula is C15H14ClNO4S. The van der Waals surface area contributed by atoms with Crippen LogP contribution in [0.25, 0.3) is 10.8 Å². The van der Waals surface area contributed by atoms with Gasteiger partial charge in [0, 0.05) is 17.0 Å². The number of carboxylic acid groups (broad SMARTS) is 1. The number of carbonyl (C=O) groups is 1. The minimum atomic E-state index is -3.91. The van der Waals surface area contributed by atoms with Crippen LogP contribution in [-0.2, 0) is 14.8 Å². The lowest BCUT2D eigenvalue weighted by atomic mass is 10.1. The van der Waals surface area contributed by atoms with Gasteiger partial charge in [-0.3, -0.25) is 4.79 Å². The zero-order chi connectivity index (χ0) is 15.9. The second-order valence-corrected chi connectivity index (χ2v) is 7.47. The summed E-state index contributed by atoms with van der Waals surface area (Å²) in [7, 11) is -3.91. The highest BCUT2D eigenvalue weighted by atomic mass is 35.5. The molecule has 0 radical (unpaired) electrons. The molecule has 116 valence electrons. The van der Waals surface area contributed by atoms with Crippen molar-refractivity contribution in [2.75, 3.05) is 6.54 Å². The van der Waals surface area contributed by atoms with E-state index >= 15 is 0 Å². The molecule has 0 aromatic heterocycles. The number of nitrogens with zero attached hydrogens (tertiary/aromatic N) is 1. The first-order valence-corrected chi connectivity index (χ1v) is 8.66. The van der Waals surface area contributed by atoms with E-state index in [2.05, 4.69) is 0 Å². The molecule has 1 N–H and O–H groups in total. The van der Waals surface area contributed by atoms with E-state index in [1.807, 2.05) is 0 Å². The summed E-state index contributed by atoms with van der Waals surface area (Å²) in [6.45, 7) is 0.208. The van der Waals surface area contributed by atoms with Gasteiger partial charge in [0.05, 0.1) is 4.90 Å². The molecular weight excluding hydrogens is 326 g/mol. The number of fused-ring (bicyclic) bond motifs is 1. The fourth-order valence-electron chi connectivity index (χ4n) is 2.88. The summed E-state index contributed by atoms with van der Waals surface area (Å²) in [5.41, 5.74) is 0. The minimum Gasteiger partial charge on any atom is -0.480 e. The first kappa shape index (κ1) is 15.3. The van der Waals surface area contributed by atoms with Crippen LogP contribution in [0.3, 0.4) is 0 Å². The third kappa shape index (κ3) is 2.37. The molecule has 22 heavy (non-hydrogen) atoms. The quantitative estimate of drug-likeness (QED) is 0.933. The van der Waals surface area contributed by atoms with Gasteiger partial charge < -0.3 is 5.11 Å². The van der Waals surface area contributed by atoms with E-state index in [0.717, 1.165) is 4.31 Å². The number of rotatable bonds is 3. The van der Waals surface area contributed by atoms with E-state index in [4.69, 9.17) is 11.6 Å². The Kier molecular flexibility index (Phi) is 3.84. The van der Waals surface area contributed by atoms with Crippen molar-refractivity contribution in [3.05, 3.63) is 41.4 Å². The maximum Gasteiger partial charge on any atom is 0.322 e. The molecule has 1 atom stereocenters. The van der Waals surface area contributed by atoms with Crippen LogP contribution in [0.15, 0.2) is 41.3 Å². The Morgan fingerprint density at radius 1 is 1.23 bits per heavy atom. The van der Waals surface area contributed by atoms with E-state index in [0.29, 0.717) is 28.6 Å². The molecule has 2 aromatic carbocycles. The van der Waals surface area contributed by atoms with Gasteiger partial charge in [-0.15, -0.1) is 0 Å². The molecule has 1 aliphatic heterocycles. The second kappa shape index (κ2) is 5.53. The maximum atomic E-state index is 12.9. The normalized spacial score (nSPS) is 19.6. The van der Waals surface area contributed by atoms with Crippen molar-refractivity contribution in [2.24, 2.45) is 0 Å². The highest BCUT2D eigenvalue weighted by Crippen LogP contribution is 2.34. The minimum absolute atomic E-state index is 0.0590. The van der Waals surface area contributed by atoms with Crippen LogP contribution in [0.2, 0.25) is 5.02 Å². The average Bonchev–Trinajstić information content (AvgIpc) is 2.97. The first-order valence-electron chi connectivity index (χ1n) is 6.85.